The van der Waals surface area contributed by atoms with Crippen molar-refractivity contribution in [1.82, 2.24) is 19.7 Å². The quantitative estimate of drug-likeness (QED) is 0.821. The van der Waals surface area contributed by atoms with Crippen LogP contribution < -0.4 is 5.32 Å². The molecule has 0 radical (unpaired) electrons. The van der Waals surface area contributed by atoms with Gasteiger partial charge < -0.3 is 5.32 Å². The molecule has 0 bridgehead atoms. The maximum Gasteiger partial charge on any atom is 0.144 e. The number of rotatable bonds is 5. The van der Waals surface area contributed by atoms with E-state index >= 15 is 0 Å². The van der Waals surface area contributed by atoms with E-state index in [-0.39, 0.29) is 0 Å². The summed E-state index contributed by atoms with van der Waals surface area (Å²) in [4.78, 5) is 9.77. The topological polar surface area (TPSA) is 55.6 Å². The molecule has 0 amide bonds. The lowest BCUT2D eigenvalue weighted by Gasteiger charge is -2.02. The van der Waals surface area contributed by atoms with Crippen LogP contribution in [0.3, 0.4) is 0 Å². The summed E-state index contributed by atoms with van der Waals surface area (Å²) in [5.74, 6) is 1.63. The van der Waals surface area contributed by atoms with Crippen molar-refractivity contribution in [3.8, 4) is 0 Å². The molecule has 6 heteroatoms. The highest BCUT2D eigenvalue weighted by molar-refractivity contribution is 7.98. The smallest absolute Gasteiger partial charge is 0.144 e. The molecule has 0 saturated carbocycles. The van der Waals surface area contributed by atoms with Crippen LogP contribution in [0.4, 0.5) is 5.82 Å². The second kappa shape index (κ2) is 5.67. The largest absolute Gasteiger partial charge is 0.369 e. The van der Waals surface area contributed by atoms with Crippen molar-refractivity contribution in [2.75, 3.05) is 11.9 Å². The van der Waals surface area contributed by atoms with Gasteiger partial charge in [0.25, 0.3) is 0 Å². The molecule has 90 valence electrons. The van der Waals surface area contributed by atoms with Gasteiger partial charge in [-0.25, -0.2) is 4.98 Å². The predicted octanol–water partition coefficient (Wildman–Crippen LogP) is 1.93. The lowest BCUT2D eigenvalue weighted by atomic mass is 10.5. The molecule has 2 aromatic rings. The molecule has 0 saturated heterocycles. The third-order valence-corrected chi connectivity index (χ3v) is 3.12. The van der Waals surface area contributed by atoms with Gasteiger partial charge in [-0.2, -0.15) is 5.10 Å². The third-order valence-electron chi connectivity index (χ3n) is 2.13. The predicted molar refractivity (Wildman–Crippen MR) is 69.0 cm³/mol. The Hall–Kier alpha value is -1.56. The number of aryl methyl sites for hydroxylation is 1. The summed E-state index contributed by atoms with van der Waals surface area (Å²) in [5, 5.41) is 7.24. The van der Waals surface area contributed by atoms with Crippen LogP contribution in [-0.4, -0.2) is 26.3 Å². The molecular formula is C11H15N5S. The van der Waals surface area contributed by atoms with Crippen LogP contribution in [0.25, 0.3) is 0 Å². The fraction of sp³-hybridized carbons (Fsp3) is 0.364. The molecule has 2 rings (SSSR count). The molecule has 1 N–H and O–H groups in total. The lowest BCUT2D eigenvalue weighted by molar-refractivity contribution is 0.766. The summed E-state index contributed by atoms with van der Waals surface area (Å²) in [5.41, 5.74) is 0.973. The van der Waals surface area contributed by atoms with Gasteiger partial charge in [0.2, 0.25) is 0 Å². The molecule has 17 heavy (non-hydrogen) atoms. The van der Waals surface area contributed by atoms with Crippen LogP contribution in [0.1, 0.15) is 12.6 Å². The average Bonchev–Trinajstić information content (AvgIpc) is 2.75. The van der Waals surface area contributed by atoms with E-state index in [2.05, 4.69) is 20.4 Å². The van der Waals surface area contributed by atoms with Gasteiger partial charge in [-0.1, -0.05) is 0 Å². The molecular weight excluding hydrogens is 234 g/mol. The third kappa shape index (κ3) is 3.45. The molecule has 2 heterocycles. The molecule has 0 aromatic carbocycles. The van der Waals surface area contributed by atoms with Gasteiger partial charge in [0.05, 0.1) is 24.3 Å². The highest BCUT2D eigenvalue weighted by atomic mass is 32.2. The normalized spacial score (nSPS) is 10.5. The summed E-state index contributed by atoms with van der Waals surface area (Å²) in [6.07, 6.45) is 7.42. The first-order valence-electron chi connectivity index (χ1n) is 5.44. The second-order valence-electron chi connectivity index (χ2n) is 3.56. The summed E-state index contributed by atoms with van der Waals surface area (Å²) in [7, 11) is 1.91. The first kappa shape index (κ1) is 11.9. The van der Waals surface area contributed by atoms with E-state index < -0.39 is 0 Å². The number of anilines is 1. The van der Waals surface area contributed by atoms with E-state index in [4.69, 9.17) is 0 Å². The van der Waals surface area contributed by atoms with Gasteiger partial charge in [-0.15, -0.1) is 11.8 Å². The Morgan fingerprint density at radius 1 is 1.29 bits per heavy atom. The van der Waals surface area contributed by atoms with Crippen LogP contribution in [0.5, 0.6) is 0 Å². The average molecular weight is 249 g/mol. The molecule has 0 unspecified atom stereocenters. The Morgan fingerprint density at radius 3 is 2.76 bits per heavy atom. The van der Waals surface area contributed by atoms with Gasteiger partial charge in [0.15, 0.2) is 0 Å². The minimum atomic E-state index is 0.811. The number of hydrogen-bond acceptors (Lipinski definition) is 5. The first-order valence-corrected chi connectivity index (χ1v) is 6.42. The van der Waals surface area contributed by atoms with Gasteiger partial charge >= 0.3 is 0 Å². The van der Waals surface area contributed by atoms with E-state index in [0.29, 0.717) is 0 Å². The molecule has 0 aliphatic carbocycles. The standard InChI is InChI=1S/C11H15N5S/c1-3-12-11-6-13-9(4-14-11)8-17-10-5-15-16(2)7-10/h4-7H,3,8H2,1-2H3,(H,12,14). The Kier molecular flexibility index (Phi) is 3.98. The van der Waals surface area contributed by atoms with Crippen LogP contribution in [-0.2, 0) is 12.8 Å². The highest BCUT2D eigenvalue weighted by Gasteiger charge is 2.00. The zero-order chi connectivity index (χ0) is 12.1. The van der Waals surface area contributed by atoms with Gasteiger partial charge in [-0.3, -0.25) is 9.67 Å². The molecule has 0 fully saturated rings. The van der Waals surface area contributed by atoms with E-state index in [1.165, 1.54) is 0 Å². The molecule has 0 aliphatic heterocycles. The summed E-state index contributed by atoms with van der Waals surface area (Å²) >= 11 is 1.71. The SMILES string of the molecule is CCNc1cnc(CSc2cnn(C)c2)cn1. The zero-order valence-corrected chi connectivity index (χ0v) is 10.7. The fourth-order valence-corrected chi connectivity index (χ4v) is 2.14. The van der Waals surface area contributed by atoms with Crippen LogP contribution in [0, 0.1) is 0 Å². The van der Waals surface area contributed by atoms with Gasteiger partial charge in [-0.05, 0) is 6.92 Å². The Labute approximate surface area is 105 Å². The lowest BCUT2D eigenvalue weighted by Crippen LogP contribution is -2.00. The number of aromatic nitrogens is 4. The van der Waals surface area contributed by atoms with Crippen molar-refractivity contribution in [3.63, 3.8) is 0 Å². The summed E-state index contributed by atoms with van der Waals surface area (Å²) in [6, 6.07) is 0. The minimum Gasteiger partial charge on any atom is -0.369 e. The maximum atomic E-state index is 4.35. The summed E-state index contributed by atoms with van der Waals surface area (Å²) in [6.45, 7) is 2.90. The number of nitrogens with one attached hydrogen (secondary N) is 1. The molecule has 2 aromatic heterocycles. The van der Waals surface area contributed by atoms with Gasteiger partial charge in [0.1, 0.15) is 5.82 Å². The second-order valence-corrected chi connectivity index (χ2v) is 4.61. The van der Waals surface area contributed by atoms with Crippen molar-refractivity contribution >= 4 is 17.6 Å². The van der Waals surface area contributed by atoms with Gasteiger partial charge in [0, 0.05) is 30.4 Å². The maximum absolute atomic E-state index is 4.35. The van der Waals surface area contributed by atoms with E-state index in [9.17, 15) is 0 Å². The number of hydrogen-bond donors (Lipinski definition) is 1. The fourth-order valence-electron chi connectivity index (χ4n) is 1.33. The van der Waals surface area contributed by atoms with Crippen molar-refractivity contribution in [3.05, 3.63) is 30.5 Å². The highest BCUT2D eigenvalue weighted by Crippen LogP contribution is 2.20. The van der Waals surface area contributed by atoms with Crippen LogP contribution in [0.2, 0.25) is 0 Å². The Bertz CT molecular complexity index is 465. The molecule has 0 aliphatic rings. The van der Waals surface area contributed by atoms with E-state index in [0.717, 1.165) is 28.7 Å². The number of thioether (sulfide) groups is 1. The Balaban J connectivity index is 1.90. The van der Waals surface area contributed by atoms with Crippen LogP contribution >= 0.6 is 11.8 Å². The monoisotopic (exact) mass is 249 g/mol. The molecule has 0 atom stereocenters. The molecule has 5 nitrogen and oxygen atoms in total. The molecule has 0 spiro atoms. The van der Waals surface area contributed by atoms with Crippen molar-refractivity contribution < 1.29 is 0 Å². The Morgan fingerprint density at radius 2 is 2.18 bits per heavy atom. The van der Waals surface area contributed by atoms with E-state index in [1.807, 2.05) is 26.4 Å². The van der Waals surface area contributed by atoms with E-state index in [1.54, 1.807) is 28.8 Å². The summed E-state index contributed by atoms with van der Waals surface area (Å²) < 4.78 is 1.79. The minimum absolute atomic E-state index is 0.811. The van der Waals surface area contributed by atoms with Crippen LogP contribution in [0.15, 0.2) is 29.7 Å². The van der Waals surface area contributed by atoms with Crippen molar-refractivity contribution in [2.45, 2.75) is 17.6 Å². The van der Waals surface area contributed by atoms with Crippen molar-refractivity contribution in [2.24, 2.45) is 7.05 Å². The van der Waals surface area contributed by atoms with Crippen molar-refractivity contribution in [1.29, 1.82) is 0 Å². The number of nitrogens with zero attached hydrogens (tertiary/aromatic N) is 4. The zero-order valence-electron chi connectivity index (χ0n) is 9.92. The first-order chi connectivity index (χ1) is 8.28.